The third kappa shape index (κ3) is 1.42. The van der Waals surface area contributed by atoms with Gasteiger partial charge in [0, 0.05) is 0 Å². The van der Waals surface area contributed by atoms with Crippen LogP contribution in [0.3, 0.4) is 0 Å². The van der Waals surface area contributed by atoms with Gasteiger partial charge in [0.25, 0.3) is 0 Å². The summed E-state index contributed by atoms with van der Waals surface area (Å²) in [5.41, 5.74) is 0.344. The highest BCUT2D eigenvalue weighted by molar-refractivity contribution is 7.81. The third-order valence-electron chi connectivity index (χ3n) is 4.95. The number of aliphatic carboxylic acids is 1. The van der Waals surface area contributed by atoms with E-state index in [4.69, 9.17) is 5.11 Å². The molecular weight excluding hydrogens is 208 g/mol. The van der Waals surface area contributed by atoms with Gasteiger partial charge in [-0.25, -0.2) is 0 Å². The van der Waals surface area contributed by atoms with E-state index in [0.29, 0.717) is 5.92 Å². The molecular formula is C12H20O2S. The molecule has 4 atom stereocenters. The number of carboxylic acids is 1. The number of thiol groups is 1. The minimum Gasteiger partial charge on any atom is -0.480 e. The average Bonchev–Trinajstić information content (AvgIpc) is 2.54. The van der Waals surface area contributed by atoms with E-state index in [1.54, 1.807) is 0 Å². The smallest absolute Gasteiger partial charge is 0.316 e. The molecule has 0 amide bonds. The van der Waals surface area contributed by atoms with Crippen LogP contribution in [0.1, 0.15) is 40.0 Å². The first-order valence-electron chi connectivity index (χ1n) is 5.70. The van der Waals surface area contributed by atoms with E-state index in [1.165, 1.54) is 19.3 Å². The Balaban J connectivity index is 2.34. The summed E-state index contributed by atoms with van der Waals surface area (Å²) < 4.78 is 0. The van der Waals surface area contributed by atoms with Gasteiger partial charge >= 0.3 is 5.97 Å². The van der Waals surface area contributed by atoms with Gasteiger partial charge in [0.15, 0.2) is 0 Å². The van der Waals surface area contributed by atoms with Gasteiger partial charge in [-0.15, -0.1) is 0 Å². The van der Waals surface area contributed by atoms with Crippen molar-refractivity contribution in [1.82, 2.24) is 0 Å². The van der Waals surface area contributed by atoms with Crippen LogP contribution in [-0.4, -0.2) is 16.3 Å². The van der Waals surface area contributed by atoms with Crippen LogP contribution in [0.15, 0.2) is 0 Å². The minimum absolute atomic E-state index is 0.137. The fraction of sp³-hybridized carbons (Fsp3) is 0.917. The number of carboxylic acid groups (broad SMARTS) is 1. The summed E-state index contributed by atoms with van der Waals surface area (Å²) in [6.45, 7) is 6.69. The largest absolute Gasteiger partial charge is 0.480 e. The molecule has 2 bridgehead atoms. The monoisotopic (exact) mass is 228 g/mol. The molecule has 2 aliphatic carbocycles. The lowest BCUT2D eigenvalue weighted by molar-refractivity contribution is -0.139. The summed E-state index contributed by atoms with van der Waals surface area (Å²) >= 11 is 4.32. The molecule has 2 aliphatic rings. The van der Waals surface area contributed by atoms with Gasteiger partial charge in [0.05, 0.1) is 0 Å². The summed E-state index contributed by atoms with van der Waals surface area (Å²) in [7, 11) is 0. The highest BCUT2D eigenvalue weighted by Crippen LogP contribution is 2.67. The molecule has 2 saturated carbocycles. The van der Waals surface area contributed by atoms with Crippen molar-refractivity contribution in [3.8, 4) is 0 Å². The van der Waals surface area contributed by atoms with E-state index < -0.39 is 11.2 Å². The fourth-order valence-electron chi connectivity index (χ4n) is 4.27. The van der Waals surface area contributed by atoms with Crippen molar-refractivity contribution in [1.29, 1.82) is 0 Å². The topological polar surface area (TPSA) is 37.3 Å². The van der Waals surface area contributed by atoms with Crippen molar-refractivity contribution in [3.63, 3.8) is 0 Å². The summed E-state index contributed by atoms with van der Waals surface area (Å²) in [5, 5.41) is 8.64. The molecule has 0 spiro atoms. The zero-order valence-corrected chi connectivity index (χ0v) is 10.6. The second-order valence-corrected chi connectivity index (χ2v) is 6.73. The van der Waals surface area contributed by atoms with Gasteiger partial charge in [-0.3, -0.25) is 4.79 Å². The van der Waals surface area contributed by atoms with Crippen molar-refractivity contribution in [3.05, 3.63) is 0 Å². The van der Waals surface area contributed by atoms with E-state index in [-0.39, 0.29) is 16.7 Å². The normalized spacial score (nSPS) is 44.3. The predicted octanol–water partition coefficient (Wildman–Crippen LogP) is 2.83. The maximum atomic E-state index is 11.1. The maximum Gasteiger partial charge on any atom is 0.316 e. The highest BCUT2D eigenvalue weighted by atomic mass is 32.1. The van der Waals surface area contributed by atoms with Gasteiger partial charge in [0.1, 0.15) is 5.25 Å². The quantitative estimate of drug-likeness (QED) is 0.713. The van der Waals surface area contributed by atoms with Crippen molar-refractivity contribution in [2.45, 2.75) is 45.3 Å². The fourth-order valence-corrected chi connectivity index (χ4v) is 5.02. The van der Waals surface area contributed by atoms with Crippen LogP contribution >= 0.6 is 12.6 Å². The lowest BCUT2D eigenvalue weighted by atomic mass is 9.62. The highest BCUT2D eigenvalue weighted by Gasteiger charge is 2.61. The molecule has 2 nitrogen and oxygen atoms in total. The average molecular weight is 228 g/mol. The standard InChI is InChI=1S/C12H20O2S/c1-11(2)7-4-5-12(3,6-7)9(11)8(15)10(13)14/h7-9,15H,4-6H2,1-3H3,(H,13,14). The van der Waals surface area contributed by atoms with Crippen LogP contribution in [0.25, 0.3) is 0 Å². The second kappa shape index (κ2) is 3.16. The van der Waals surface area contributed by atoms with Crippen molar-refractivity contribution in [2.24, 2.45) is 22.7 Å². The molecule has 0 radical (unpaired) electrons. The number of hydrogen-bond acceptors (Lipinski definition) is 2. The zero-order chi connectivity index (χ0) is 11.4. The van der Waals surface area contributed by atoms with Crippen LogP contribution in [0.4, 0.5) is 0 Å². The first-order chi connectivity index (χ1) is 6.79. The number of fused-ring (bicyclic) bond motifs is 2. The molecule has 2 fully saturated rings. The van der Waals surface area contributed by atoms with Gasteiger partial charge < -0.3 is 5.11 Å². The Labute approximate surface area is 96.9 Å². The Morgan fingerprint density at radius 3 is 2.47 bits per heavy atom. The first kappa shape index (κ1) is 11.3. The van der Waals surface area contributed by atoms with Gasteiger partial charge in [-0.05, 0) is 41.9 Å². The van der Waals surface area contributed by atoms with Crippen molar-refractivity contribution >= 4 is 18.6 Å². The molecule has 15 heavy (non-hydrogen) atoms. The molecule has 0 aromatic carbocycles. The Kier molecular flexibility index (Phi) is 2.38. The zero-order valence-electron chi connectivity index (χ0n) is 9.66. The van der Waals surface area contributed by atoms with Gasteiger partial charge in [-0.2, -0.15) is 12.6 Å². The molecule has 0 aliphatic heterocycles. The SMILES string of the molecule is CC12CCC(C1)C(C)(C)C2C(S)C(=O)O. The third-order valence-corrected chi connectivity index (χ3v) is 5.47. The van der Waals surface area contributed by atoms with Crippen LogP contribution < -0.4 is 0 Å². The predicted molar refractivity (Wildman–Crippen MR) is 63.1 cm³/mol. The molecule has 0 aromatic rings. The lowest BCUT2D eigenvalue weighted by Gasteiger charge is -2.44. The van der Waals surface area contributed by atoms with Crippen LogP contribution in [0.2, 0.25) is 0 Å². The summed E-state index contributed by atoms with van der Waals surface area (Å²) in [5.74, 6) is 0.149. The molecule has 0 aromatic heterocycles. The van der Waals surface area contributed by atoms with Crippen molar-refractivity contribution in [2.75, 3.05) is 0 Å². The lowest BCUT2D eigenvalue weighted by Crippen LogP contribution is -2.43. The van der Waals surface area contributed by atoms with Crippen LogP contribution in [0.5, 0.6) is 0 Å². The van der Waals surface area contributed by atoms with Crippen LogP contribution in [0, 0.1) is 22.7 Å². The summed E-state index contributed by atoms with van der Waals surface area (Å²) in [6.07, 6.45) is 3.63. The number of carbonyl (C=O) groups is 1. The van der Waals surface area contributed by atoms with Crippen molar-refractivity contribution < 1.29 is 9.90 Å². The van der Waals surface area contributed by atoms with Gasteiger partial charge in [-0.1, -0.05) is 20.8 Å². The molecule has 0 heterocycles. The first-order valence-corrected chi connectivity index (χ1v) is 6.21. The molecule has 4 unspecified atom stereocenters. The molecule has 0 saturated heterocycles. The molecule has 2 rings (SSSR count). The van der Waals surface area contributed by atoms with Gasteiger partial charge in [0.2, 0.25) is 0 Å². The Hall–Kier alpha value is -0.180. The maximum absolute atomic E-state index is 11.1. The van der Waals surface area contributed by atoms with Crippen LogP contribution in [-0.2, 0) is 4.79 Å². The molecule has 86 valence electrons. The van der Waals surface area contributed by atoms with E-state index in [0.717, 1.165) is 0 Å². The van der Waals surface area contributed by atoms with E-state index in [2.05, 4.69) is 33.4 Å². The Bertz CT molecular complexity index is 295. The molecule has 3 heteroatoms. The Morgan fingerprint density at radius 1 is 1.47 bits per heavy atom. The Morgan fingerprint density at radius 2 is 2.07 bits per heavy atom. The molecule has 1 N–H and O–H groups in total. The van der Waals surface area contributed by atoms with E-state index in [9.17, 15) is 4.79 Å². The van der Waals surface area contributed by atoms with E-state index >= 15 is 0 Å². The minimum atomic E-state index is -0.759. The second-order valence-electron chi connectivity index (χ2n) is 6.18. The summed E-state index contributed by atoms with van der Waals surface area (Å²) in [4.78, 5) is 11.1. The number of rotatable bonds is 2. The number of hydrogen-bond donors (Lipinski definition) is 2. The van der Waals surface area contributed by atoms with E-state index in [1.807, 2.05) is 0 Å². The summed E-state index contributed by atoms with van der Waals surface area (Å²) in [6, 6.07) is 0.